The molecule has 1 amide bonds. The normalized spacial score (nSPS) is 12.6. The van der Waals surface area contributed by atoms with Crippen LogP contribution in [0.1, 0.15) is 61.5 Å². The number of carbonyl (C=O) groups excluding carboxylic acids is 3. The number of aromatic nitrogens is 2. The number of nitrogens with one attached hydrogen (secondary N) is 1. The number of hydrogen-bond acceptors (Lipinski definition) is 5. The highest BCUT2D eigenvalue weighted by molar-refractivity contribution is 6.30. The van der Waals surface area contributed by atoms with Gasteiger partial charge in [-0.05, 0) is 6.42 Å². The van der Waals surface area contributed by atoms with E-state index in [0.717, 1.165) is 6.54 Å². The van der Waals surface area contributed by atoms with Gasteiger partial charge < -0.3 is 14.3 Å². The number of benzene rings is 1. The molecule has 0 radical (unpaired) electrons. The second-order valence-electron chi connectivity index (χ2n) is 6.57. The maximum atomic E-state index is 13.0. The Balaban J connectivity index is 1.59. The van der Waals surface area contributed by atoms with Crippen LogP contribution in [0.4, 0.5) is 0 Å². The number of nitrogens with zero attached hydrogens (tertiary/aromatic N) is 2. The average Bonchev–Trinajstić information content (AvgIpc) is 3.37. The number of rotatable bonds is 6. The van der Waals surface area contributed by atoms with Crippen LogP contribution in [0.5, 0.6) is 0 Å². The molecule has 1 N–H and O–H groups in total. The zero-order valence-corrected chi connectivity index (χ0v) is 15.4. The van der Waals surface area contributed by atoms with Crippen LogP contribution in [0, 0.1) is 0 Å². The zero-order chi connectivity index (χ0) is 19.7. The highest BCUT2D eigenvalue weighted by Gasteiger charge is 2.38. The van der Waals surface area contributed by atoms with Crippen molar-refractivity contribution in [1.82, 2.24) is 14.9 Å². The van der Waals surface area contributed by atoms with Crippen LogP contribution in [0.3, 0.4) is 0 Å². The summed E-state index contributed by atoms with van der Waals surface area (Å²) >= 11 is 0. The van der Waals surface area contributed by atoms with Crippen molar-refractivity contribution in [3.8, 4) is 0 Å². The summed E-state index contributed by atoms with van der Waals surface area (Å²) in [5, 5.41) is 2.84. The van der Waals surface area contributed by atoms with Crippen LogP contribution >= 0.6 is 0 Å². The Kier molecular flexibility index (Phi) is 4.65. The summed E-state index contributed by atoms with van der Waals surface area (Å²) in [6.07, 6.45) is 6.38. The monoisotopic (exact) mass is 377 g/mol. The molecule has 28 heavy (non-hydrogen) atoms. The molecule has 2 heterocycles. The summed E-state index contributed by atoms with van der Waals surface area (Å²) in [7, 11) is 0. The van der Waals surface area contributed by atoms with Gasteiger partial charge in [-0.3, -0.25) is 14.4 Å². The van der Waals surface area contributed by atoms with Crippen LogP contribution in [-0.4, -0.2) is 33.6 Å². The maximum Gasteiger partial charge on any atom is 0.255 e. The average molecular weight is 377 g/mol. The van der Waals surface area contributed by atoms with Gasteiger partial charge in [0.1, 0.15) is 5.76 Å². The molecule has 0 bridgehead atoms. The Morgan fingerprint density at radius 1 is 1.18 bits per heavy atom. The number of ketones is 2. The Hall–Kier alpha value is -3.48. The summed E-state index contributed by atoms with van der Waals surface area (Å²) in [6.45, 7) is 2.97. The summed E-state index contributed by atoms with van der Waals surface area (Å²) in [6, 6.07) is 6.60. The van der Waals surface area contributed by atoms with Crippen molar-refractivity contribution in [3.63, 3.8) is 0 Å². The first kappa shape index (κ1) is 17.9. The number of amides is 1. The quantitative estimate of drug-likeness (QED) is 0.521. The predicted molar refractivity (Wildman–Crippen MR) is 101 cm³/mol. The summed E-state index contributed by atoms with van der Waals surface area (Å²) < 4.78 is 7.59. The van der Waals surface area contributed by atoms with Gasteiger partial charge in [0.25, 0.3) is 5.91 Å². The molecule has 0 saturated carbocycles. The first-order valence-electron chi connectivity index (χ1n) is 9.19. The lowest BCUT2D eigenvalue weighted by molar-refractivity contribution is 0.0937. The number of imidazole rings is 1. The minimum atomic E-state index is -0.395. The van der Waals surface area contributed by atoms with E-state index in [2.05, 4.69) is 10.3 Å². The van der Waals surface area contributed by atoms with Crippen molar-refractivity contribution >= 4 is 17.5 Å². The number of hydrogen-bond donors (Lipinski definition) is 1. The molecule has 0 unspecified atom stereocenters. The second-order valence-corrected chi connectivity index (χ2v) is 6.57. The fourth-order valence-corrected chi connectivity index (χ4v) is 3.45. The molecule has 1 aliphatic rings. The lowest BCUT2D eigenvalue weighted by atomic mass is 9.86. The van der Waals surface area contributed by atoms with E-state index in [-0.39, 0.29) is 28.5 Å². The van der Waals surface area contributed by atoms with Crippen molar-refractivity contribution < 1.29 is 18.8 Å². The Bertz CT molecular complexity index is 1060. The van der Waals surface area contributed by atoms with E-state index in [4.69, 9.17) is 4.42 Å². The van der Waals surface area contributed by atoms with E-state index >= 15 is 0 Å². The van der Waals surface area contributed by atoms with Gasteiger partial charge in [-0.2, -0.15) is 0 Å². The molecular formula is C21H19N3O4. The minimum absolute atomic E-state index is 0.0379. The SMILES string of the molecule is CCc1oc2c(c1C(=O)NCCCn1ccnc1)C(=O)c1ccccc1C2=O. The van der Waals surface area contributed by atoms with Crippen molar-refractivity contribution in [3.05, 3.63) is 76.8 Å². The first-order valence-corrected chi connectivity index (χ1v) is 9.19. The molecule has 3 aromatic rings. The highest BCUT2D eigenvalue weighted by atomic mass is 16.4. The Labute approximate surface area is 161 Å². The molecule has 142 valence electrons. The summed E-state index contributed by atoms with van der Waals surface area (Å²) in [5.41, 5.74) is 0.863. The Morgan fingerprint density at radius 2 is 1.93 bits per heavy atom. The maximum absolute atomic E-state index is 13.0. The van der Waals surface area contributed by atoms with Gasteiger partial charge in [0.2, 0.25) is 5.78 Å². The molecule has 0 aliphatic heterocycles. The molecule has 0 saturated heterocycles. The smallest absolute Gasteiger partial charge is 0.255 e. The van der Waals surface area contributed by atoms with Crippen LogP contribution in [0.25, 0.3) is 0 Å². The van der Waals surface area contributed by atoms with Crippen LogP contribution in [0.15, 0.2) is 47.4 Å². The van der Waals surface area contributed by atoms with Gasteiger partial charge in [0.15, 0.2) is 11.5 Å². The summed E-state index contributed by atoms with van der Waals surface area (Å²) in [5.74, 6) is -0.792. The van der Waals surface area contributed by atoms with Crippen LogP contribution < -0.4 is 5.32 Å². The van der Waals surface area contributed by atoms with Crippen molar-refractivity contribution in [2.75, 3.05) is 6.54 Å². The third kappa shape index (κ3) is 2.94. The molecule has 0 spiro atoms. The van der Waals surface area contributed by atoms with E-state index in [1.54, 1.807) is 36.8 Å². The molecule has 1 aliphatic carbocycles. The third-order valence-electron chi connectivity index (χ3n) is 4.82. The van der Waals surface area contributed by atoms with Crippen molar-refractivity contribution in [1.29, 1.82) is 0 Å². The standard InChI is InChI=1S/C21H19N3O4/c1-2-15-16(21(27)23-8-5-10-24-11-9-22-12-24)17-18(25)13-6-3-4-7-14(13)19(26)20(17)28-15/h3-4,6-7,9,11-12H,2,5,8,10H2,1H3,(H,23,27). The number of fused-ring (bicyclic) bond motifs is 2. The largest absolute Gasteiger partial charge is 0.456 e. The molecule has 1 aromatic carbocycles. The number of furan rings is 1. The minimum Gasteiger partial charge on any atom is -0.456 e. The summed E-state index contributed by atoms with van der Waals surface area (Å²) in [4.78, 5) is 42.6. The molecule has 2 aromatic heterocycles. The van der Waals surface area contributed by atoms with Gasteiger partial charge in [-0.1, -0.05) is 31.2 Å². The van der Waals surface area contributed by atoms with Gasteiger partial charge >= 0.3 is 0 Å². The van der Waals surface area contributed by atoms with Crippen molar-refractivity contribution in [2.24, 2.45) is 0 Å². The molecular weight excluding hydrogens is 358 g/mol. The van der Waals surface area contributed by atoms with Crippen LogP contribution in [-0.2, 0) is 13.0 Å². The third-order valence-corrected chi connectivity index (χ3v) is 4.82. The molecule has 7 nitrogen and oxygen atoms in total. The van der Waals surface area contributed by atoms with Crippen molar-refractivity contribution in [2.45, 2.75) is 26.3 Å². The van der Waals surface area contributed by atoms with E-state index in [1.807, 2.05) is 17.7 Å². The fraction of sp³-hybridized carbons (Fsp3) is 0.238. The number of aryl methyl sites for hydroxylation is 2. The molecule has 0 atom stereocenters. The predicted octanol–water partition coefficient (Wildman–Crippen LogP) is 2.63. The first-order chi connectivity index (χ1) is 13.6. The zero-order valence-electron chi connectivity index (χ0n) is 15.4. The number of carbonyl (C=O) groups is 3. The highest BCUT2D eigenvalue weighted by Crippen LogP contribution is 2.33. The van der Waals surface area contributed by atoms with E-state index in [1.165, 1.54) is 0 Å². The van der Waals surface area contributed by atoms with E-state index in [9.17, 15) is 14.4 Å². The van der Waals surface area contributed by atoms with Gasteiger partial charge in [-0.25, -0.2) is 4.98 Å². The molecule has 0 fully saturated rings. The van der Waals surface area contributed by atoms with E-state index < -0.39 is 5.91 Å². The van der Waals surface area contributed by atoms with Gasteiger partial charge in [0.05, 0.1) is 17.5 Å². The molecule has 7 heteroatoms. The van der Waals surface area contributed by atoms with Crippen LogP contribution in [0.2, 0.25) is 0 Å². The topological polar surface area (TPSA) is 94.2 Å². The van der Waals surface area contributed by atoms with E-state index in [0.29, 0.717) is 36.3 Å². The fourth-order valence-electron chi connectivity index (χ4n) is 3.45. The lowest BCUT2D eigenvalue weighted by Gasteiger charge is -2.13. The van der Waals surface area contributed by atoms with Gasteiger partial charge in [0, 0.05) is 43.0 Å². The second kappa shape index (κ2) is 7.26. The molecule has 4 rings (SSSR count). The Morgan fingerprint density at radius 3 is 2.61 bits per heavy atom. The van der Waals surface area contributed by atoms with Gasteiger partial charge in [-0.15, -0.1) is 0 Å². The lowest BCUT2D eigenvalue weighted by Crippen LogP contribution is -2.29.